The summed E-state index contributed by atoms with van der Waals surface area (Å²) in [5.41, 5.74) is 2.74. The van der Waals surface area contributed by atoms with Gasteiger partial charge in [-0.25, -0.2) is 4.39 Å². The largest absolute Gasteiger partial charge is 0.457 e. The summed E-state index contributed by atoms with van der Waals surface area (Å²) in [5, 5.41) is 11.0. The van der Waals surface area contributed by atoms with Gasteiger partial charge in [-0.05, 0) is 79.8 Å². The predicted octanol–water partition coefficient (Wildman–Crippen LogP) is 4.06. The van der Waals surface area contributed by atoms with Gasteiger partial charge in [-0.15, -0.1) is 0 Å². The molecular formula is C23H23FO4. The summed E-state index contributed by atoms with van der Waals surface area (Å²) in [6.45, 7) is 3.89. The Hall–Kier alpha value is -2.24. The van der Waals surface area contributed by atoms with Crippen LogP contribution in [-0.2, 0) is 9.53 Å². The minimum atomic E-state index is -0.700. The molecule has 1 N–H and O–H groups in total. The highest BCUT2D eigenvalue weighted by Gasteiger charge is 2.62. The number of rotatable bonds is 3. The molecule has 3 aliphatic rings. The Morgan fingerprint density at radius 2 is 1.68 bits per heavy atom. The van der Waals surface area contributed by atoms with Crippen LogP contribution in [0.15, 0.2) is 36.4 Å². The van der Waals surface area contributed by atoms with E-state index < -0.39 is 12.0 Å². The first-order valence-electron chi connectivity index (χ1n) is 9.86. The fourth-order valence-electron chi connectivity index (χ4n) is 5.55. The van der Waals surface area contributed by atoms with Crippen molar-refractivity contribution in [3.05, 3.63) is 58.9 Å². The molecule has 0 radical (unpaired) electrons. The van der Waals surface area contributed by atoms with E-state index in [-0.39, 0.29) is 35.6 Å². The molecule has 2 saturated heterocycles. The van der Waals surface area contributed by atoms with Crippen LogP contribution in [0.4, 0.5) is 4.39 Å². The minimum Gasteiger partial charge on any atom is -0.457 e. The summed E-state index contributed by atoms with van der Waals surface area (Å²) in [6, 6.07) is 9.62. The number of fused-ring (bicyclic) bond motifs is 5. The van der Waals surface area contributed by atoms with Crippen molar-refractivity contribution in [1.29, 1.82) is 0 Å². The van der Waals surface area contributed by atoms with Gasteiger partial charge in [0.1, 0.15) is 23.1 Å². The van der Waals surface area contributed by atoms with Gasteiger partial charge in [0.05, 0.1) is 30.1 Å². The zero-order chi connectivity index (χ0) is 19.6. The lowest BCUT2D eigenvalue weighted by Gasteiger charge is -2.24. The number of benzene rings is 2. The molecule has 5 rings (SSSR count). The fourth-order valence-corrected chi connectivity index (χ4v) is 5.55. The van der Waals surface area contributed by atoms with Crippen molar-refractivity contribution in [1.82, 2.24) is 0 Å². The molecular weight excluding hydrogens is 359 g/mol. The lowest BCUT2D eigenvalue weighted by Crippen LogP contribution is -2.31. The second-order valence-corrected chi connectivity index (χ2v) is 8.29. The number of aryl methyl sites for hydroxylation is 2. The lowest BCUT2D eigenvalue weighted by molar-refractivity contribution is -0.124. The van der Waals surface area contributed by atoms with Gasteiger partial charge in [0.2, 0.25) is 0 Å². The highest BCUT2D eigenvalue weighted by Crippen LogP contribution is 2.55. The number of Topliss-reactive ketones (excluding diaryl/α,β-unsaturated/α-hetero) is 1. The van der Waals surface area contributed by atoms with E-state index in [0.29, 0.717) is 11.5 Å². The predicted molar refractivity (Wildman–Crippen MR) is 101 cm³/mol. The Balaban J connectivity index is 1.46. The number of hydrogen-bond acceptors (Lipinski definition) is 4. The number of halogens is 1. The number of carbonyl (C=O) groups excluding carboxylic acids is 1. The molecule has 6 unspecified atom stereocenters. The molecule has 2 bridgehead atoms. The van der Waals surface area contributed by atoms with E-state index in [2.05, 4.69) is 0 Å². The average molecular weight is 382 g/mol. The first-order valence-corrected chi connectivity index (χ1v) is 9.86. The summed E-state index contributed by atoms with van der Waals surface area (Å²) in [4.78, 5) is 13.2. The van der Waals surface area contributed by atoms with Crippen LogP contribution in [0, 0.1) is 31.5 Å². The van der Waals surface area contributed by atoms with E-state index in [0.717, 1.165) is 29.5 Å². The molecule has 6 atom stereocenters. The number of ether oxygens (including phenoxy) is 2. The lowest BCUT2D eigenvalue weighted by atomic mass is 9.81. The quantitative estimate of drug-likeness (QED) is 0.870. The summed E-state index contributed by atoms with van der Waals surface area (Å²) in [6.07, 6.45) is 1.14. The van der Waals surface area contributed by atoms with Crippen LogP contribution >= 0.6 is 0 Å². The van der Waals surface area contributed by atoms with E-state index in [1.807, 2.05) is 26.0 Å². The Kier molecular flexibility index (Phi) is 4.07. The van der Waals surface area contributed by atoms with Crippen LogP contribution in [-0.4, -0.2) is 29.2 Å². The minimum absolute atomic E-state index is 0.0145. The standard InChI is InChI=1S/C23H23FO4/c1-11-9-15(27-14-5-3-13(24)4-6-14)10-12(2)18(11)21-22(25)19-16-7-8-17(28-16)20(19)23(21)26/h3-6,9-10,16-17,19-22,25H,7-8H2,1-2H3. The van der Waals surface area contributed by atoms with Crippen LogP contribution in [0.3, 0.4) is 0 Å². The molecule has 5 heteroatoms. The molecule has 2 aromatic rings. The van der Waals surface area contributed by atoms with Gasteiger partial charge in [-0.3, -0.25) is 4.79 Å². The smallest absolute Gasteiger partial charge is 0.149 e. The molecule has 2 heterocycles. The number of aliphatic hydroxyl groups is 1. The maximum Gasteiger partial charge on any atom is 0.149 e. The van der Waals surface area contributed by atoms with E-state index >= 15 is 0 Å². The van der Waals surface area contributed by atoms with Crippen molar-refractivity contribution in [3.8, 4) is 11.5 Å². The highest BCUT2D eigenvalue weighted by molar-refractivity contribution is 5.93. The van der Waals surface area contributed by atoms with Gasteiger partial charge < -0.3 is 14.6 Å². The van der Waals surface area contributed by atoms with Gasteiger partial charge in [-0.2, -0.15) is 0 Å². The monoisotopic (exact) mass is 382 g/mol. The SMILES string of the molecule is Cc1cc(Oc2ccc(F)cc2)cc(C)c1C1C(=O)C2C3CCC(O3)C2C1O. The highest BCUT2D eigenvalue weighted by atomic mass is 19.1. The molecule has 4 nitrogen and oxygen atoms in total. The van der Waals surface area contributed by atoms with Crippen molar-refractivity contribution in [2.75, 3.05) is 0 Å². The topological polar surface area (TPSA) is 55.8 Å². The van der Waals surface area contributed by atoms with Crippen molar-refractivity contribution in [3.63, 3.8) is 0 Å². The number of ketones is 1. The van der Waals surface area contributed by atoms with Crippen LogP contribution < -0.4 is 4.74 Å². The second-order valence-electron chi connectivity index (χ2n) is 8.29. The maximum absolute atomic E-state index is 13.2. The first-order chi connectivity index (χ1) is 13.4. The van der Waals surface area contributed by atoms with Gasteiger partial charge in [-0.1, -0.05) is 0 Å². The van der Waals surface area contributed by atoms with E-state index in [1.54, 1.807) is 12.1 Å². The normalized spacial score (nSPS) is 33.4. The number of carbonyl (C=O) groups is 1. The average Bonchev–Trinajstić information content (AvgIpc) is 3.33. The molecule has 2 aliphatic heterocycles. The molecule has 146 valence electrons. The maximum atomic E-state index is 13.2. The summed E-state index contributed by atoms with van der Waals surface area (Å²) >= 11 is 0. The Labute approximate surface area is 163 Å². The Bertz CT molecular complexity index is 915. The number of hydrogen-bond donors (Lipinski definition) is 1. The summed E-state index contributed by atoms with van der Waals surface area (Å²) < 4.78 is 24.8. The molecule has 1 aliphatic carbocycles. The number of aliphatic hydroxyl groups excluding tert-OH is 1. The zero-order valence-corrected chi connectivity index (χ0v) is 15.9. The Morgan fingerprint density at radius 3 is 2.32 bits per heavy atom. The third-order valence-electron chi connectivity index (χ3n) is 6.63. The molecule has 0 aromatic heterocycles. The Morgan fingerprint density at radius 1 is 1.04 bits per heavy atom. The first kappa shape index (κ1) is 17.8. The molecule has 0 spiro atoms. The van der Waals surface area contributed by atoms with Gasteiger partial charge in [0.15, 0.2) is 0 Å². The van der Waals surface area contributed by atoms with Crippen molar-refractivity contribution in [2.24, 2.45) is 11.8 Å². The van der Waals surface area contributed by atoms with E-state index in [4.69, 9.17) is 9.47 Å². The third-order valence-corrected chi connectivity index (χ3v) is 6.63. The molecule has 0 amide bonds. The fraction of sp³-hybridized carbons (Fsp3) is 0.435. The molecule has 28 heavy (non-hydrogen) atoms. The second kappa shape index (κ2) is 6.39. The van der Waals surface area contributed by atoms with Gasteiger partial charge in [0, 0.05) is 5.92 Å². The van der Waals surface area contributed by atoms with E-state index in [9.17, 15) is 14.3 Å². The van der Waals surface area contributed by atoms with Crippen LogP contribution in [0.1, 0.15) is 35.4 Å². The van der Waals surface area contributed by atoms with Crippen LogP contribution in [0.5, 0.6) is 11.5 Å². The van der Waals surface area contributed by atoms with Crippen LogP contribution in [0.2, 0.25) is 0 Å². The van der Waals surface area contributed by atoms with Crippen LogP contribution in [0.25, 0.3) is 0 Å². The zero-order valence-electron chi connectivity index (χ0n) is 15.9. The molecule has 2 aromatic carbocycles. The molecule has 3 fully saturated rings. The summed E-state index contributed by atoms with van der Waals surface area (Å²) in [5.74, 6) is 0.234. The molecule has 1 saturated carbocycles. The third kappa shape index (κ3) is 2.60. The van der Waals surface area contributed by atoms with Gasteiger partial charge >= 0.3 is 0 Å². The summed E-state index contributed by atoms with van der Waals surface area (Å²) in [7, 11) is 0. The van der Waals surface area contributed by atoms with Crippen molar-refractivity contribution in [2.45, 2.75) is 50.9 Å². The van der Waals surface area contributed by atoms with E-state index in [1.165, 1.54) is 12.1 Å². The van der Waals surface area contributed by atoms with Crippen molar-refractivity contribution >= 4 is 5.78 Å². The van der Waals surface area contributed by atoms with Gasteiger partial charge in [0.25, 0.3) is 0 Å². The van der Waals surface area contributed by atoms with Crippen molar-refractivity contribution < 1.29 is 23.8 Å².